The Morgan fingerprint density at radius 3 is 2.38 bits per heavy atom. The van der Waals surface area contributed by atoms with E-state index in [1.54, 1.807) is 0 Å². The lowest BCUT2D eigenvalue weighted by atomic mass is 10.1. The lowest BCUT2D eigenvalue weighted by Crippen LogP contribution is -2.31. The Hall–Kier alpha value is -3.37. The van der Waals surface area contributed by atoms with Crippen LogP contribution in [0.5, 0.6) is 11.5 Å². The van der Waals surface area contributed by atoms with E-state index in [4.69, 9.17) is 9.72 Å². The van der Waals surface area contributed by atoms with Gasteiger partial charge in [0.2, 0.25) is 0 Å². The first-order chi connectivity index (χ1) is 15.8. The third kappa shape index (κ3) is 3.94. The van der Waals surface area contributed by atoms with Gasteiger partial charge in [-0.3, -0.25) is 4.90 Å². The third-order valence-electron chi connectivity index (χ3n) is 6.36. The van der Waals surface area contributed by atoms with E-state index in [0.717, 1.165) is 43.4 Å². The molecule has 4 nitrogen and oxygen atoms in total. The Morgan fingerprint density at radius 2 is 1.59 bits per heavy atom. The molecular weight excluding hydrogens is 394 g/mol. The summed E-state index contributed by atoms with van der Waals surface area (Å²) in [5, 5.41) is 0. The smallest absolute Gasteiger partial charge is 0.140 e. The molecule has 3 aromatic carbocycles. The Morgan fingerprint density at radius 1 is 0.844 bits per heavy atom. The highest BCUT2D eigenvalue weighted by Gasteiger charge is 2.33. The number of para-hydroxylation sites is 1. The van der Waals surface area contributed by atoms with Crippen molar-refractivity contribution in [2.75, 3.05) is 6.54 Å². The van der Waals surface area contributed by atoms with Gasteiger partial charge in [0.1, 0.15) is 17.3 Å². The molecule has 4 heteroatoms. The quantitative estimate of drug-likeness (QED) is 0.369. The Kier molecular flexibility index (Phi) is 5.00. The molecule has 32 heavy (non-hydrogen) atoms. The number of imidazole rings is 1. The minimum Gasteiger partial charge on any atom is -0.457 e. The van der Waals surface area contributed by atoms with Crippen LogP contribution >= 0.6 is 0 Å². The second-order valence-corrected chi connectivity index (χ2v) is 8.82. The molecule has 0 N–H and O–H groups in total. The van der Waals surface area contributed by atoms with Crippen molar-refractivity contribution in [2.24, 2.45) is 0 Å². The average molecular weight is 422 g/mol. The summed E-state index contributed by atoms with van der Waals surface area (Å²) in [6.07, 6.45) is 3.54. The number of aromatic nitrogens is 2. The second-order valence-electron chi connectivity index (χ2n) is 8.82. The first-order valence-electron chi connectivity index (χ1n) is 11.5. The molecule has 0 atom stereocenters. The molecule has 160 valence electrons. The van der Waals surface area contributed by atoms with Crippen molar-refractivity contribution in [1.29, 1.82) is 0 Å². The number of ether oxygens (including phenoxy) is 1. The normalized spacial score (nSPS) is 16.0. The summed E-state index contributed by atoms with van der Waals surface area (Å²) in [6.45, 7) is 2.91. The summed E-state index contributed by atoms with van der Waals surface area (Å²) < 4.78 is 8.58. The van der Waals surface area contributed by atoms with E-state index in [1.165, 1.54) is 35.4 Å². The summed E-state index contributed by atoms with van der Waals surface area (Å²) >= 11 is 0. The van der Waals surface area contributed by atoms with E-state index in [0.29, 0.717) is 6.04 Å². The molecule has 1 aliphatic heterocycles. The van der Waals surface area contributed by atoms with Crippen molar-refractivity contribution in [1.82, 2.24) is 14.5 Å². The zero-order chi connectivity index (χ0) is 21.3. The first-order valence-corrected chi connectivity index (χ1v) is 11.5. The number of hydrogen-bond acceptors (Lipinski definition) is 3. The fourth-order valence-electron chi connectivity index (χ4n) is 4.68. The molecule has 1 saturated carbocycles. The SMILES string of the molecule is c1ccc(Oc2cccc(CN3CCc4nc(-c5ccccc5)n(C5CC5)c4C3)c2)cc1. The summed E-state index contributed by atoms with van der Waals surface area (Å²) in [4.78, 5) is 7.64. The van der Waals surface area contributed by atoms with Crippen LogP contribution in [-0.2, 0) is 19.5 Å². The molecule has 1 aromatic heterocycles. The maximum atomic E-state index is 6.04. The molecule has 0 radical (unpaired) electrons. The molecule has 1 aliphatic carbocycles. The van der Waals surface area contributed by atoms with Crippen molar-refractivity contribution in [3.05, 3.63) is 102 Å². The minimum absolute atomic E-state index is 0.615. The van der Waals surface area contributed by atoms with Gasteiger partial charge >= 0.3 is 0 Å². The summed E-state index contributed by atoms with van der Waals surface area (Å²) in [7, 11) is 0. The lowest BCUT2D eigenvalue weighted by Gasteiger charge is -2.27. The summed E-state index contributed by atoms with van der Waals surface area (Å²) in [5.74, 6) is 2.91. The molecule has 0 bridgehead atoms. The molecule has 2 aliphatic rings. The van der Waals surface area contributed by atoms with Gasteiger partial charge in [0.05, 0.1) is 11.4 Å². The van der Waals surface area contributed by atoms with Gasteiger partial charge in [-0.25, -0.2) is 4.98 Å². The van der Waals surface area contributed by atoms with Crippen LogP contribution in [0.4, 0.5) is 0 Å². The zero-order valence-electron chi connectivity index (χ0n) is 18.2. The van der Waals surface area contributed by atoms with Crippen molar-refractivity contribution >= 4 is 0 Å². The Bertz CT molecular complexity index is 1210. The largest absolute Gasteiger partial charge is 0.457 e. The number of hydrogen-bond donors (Lipinski definition) is 0. The Balaban J connectivity index is 1.23. The van der Waals surface area contributed by atoms with Crippen LogP contribution < -0.4 is 4.74 Å². The highest BCUT2D eigenvalue weighted by molar-refractivity contribution is 5.57. The molecule has 0 unspecified atom stereocenters. The molecular formula is C28H27N3O. The van der Waals surface area contributed by atoms with Gasteiger partial charge in [0.15, 0.2) is 0 Å². The maximum absolute atomic E-state index is 6.04. The lowest BCUT2D eigenvalue weighted by molar-refractivity contribution is 0.237. The highest BCUT2D eigenvalue weighted by Crippen LogP contribution is 2.41. The predicted molar refractivity (Wildman–Crippen MR) is 127 cm³/mol. The number of rotatable bonds is 6. The topological polar surface area (TPSA) is 30.3 Å². The van der Waals surface area contributed by atoms with Crippen LogP contribution in [0.25, 0.3) is 11.4 Å². The molecule has 1 fully saturated rings. The number of fused-ring (bicyclic) bond motifs is 1. The van der Waals surface area contributed by atoms with Crippen LogP contribution in [0.15, 0.2) is 84.9 Å². The van der Waals surface area contributed by atoms with Gasteiger partial charge in [-0.05, 0) is 42.7 Å². The first kappa shape index (κ1) is 19.3. The van der Waals surface area contributed by atoms with Gasteiger partial charge in [-0.1, -0.05) is 60.7 Å². The molecule has 0 spiro atoms. The van der Waals surface area contributed by atoms with Crippen molar-refractivity contribution in [3.63, 3.8) is 0 Å². The van der Waals surface area contributed by atoms with E-state index in [-0.39, 0.29) is 0 Å². The van der Waals surface area contributed by atoms with Crippen LogP contribution in [0.1, 0.15) is 35.8 Å². The third-order valence-corrected chi connectivity index (χ3v) is 6.36. The van der Waals surface area contributed by atoms with Gasteiger partial charge < -0.3 is 9.30 Å². The van der Waals surface area contributed by atoms with Crippen LogP contribution in [0.2, 0.25) is 0 Å². The number of nitrogens with zero attached hydrogens (tertiary/aromatic N) is 3. The van der Waals surface area contributed by atoms with Crippen LogP contribution in [-0.4, -0.2) is 21.0 Å². The number of benzene rings is 3. The Labute approximate surface area is 189 Å². The highest BCUT2D eigenvalue weighted by atomic mass is 16.5. The monoisotopic (exact) mass is 421 g/mol. The fourth-order valence-corrected chi connectivity index (χ4v) is 4.68. The standard InChI is InChI=1S/C28H27N3O/c1-3-9-22(10-4-1)28-29-26-16-17-30(20-27(26)31(28)23-14-15-23)19-21-8-7-13-25(18-21)32-24-11-5-2-6-12-24/h1-13,18,23H,14-17,19-20H2. The summed E-state index contributed by atoms with van der Waals surface area (Å²) in [5.41, 5.74) is 5.20. The zero-order valence-corrected chi connectivity index (χ0v) is 18.2. The molecule has 0 saturated heterocycles. The molecule has 0 amide bonds. The maximum Gasteiger partial charge on any atom is 0.140 e. The van der Waals surface area contributed by atoms with E-state index >= 15 is 0 Å². The average Bonchev–Trinajstić information content (AvgIpc) is 3.60. The van der Waals surface area contributed by atoms with E-state index in [9.17, 15) is 0 Å². The summed E-state index contributed by atoms with van der Waals surface area (Å²) in [6, 6.07) is 29.7. The van der Waals surface area contributed by atoms with Crippen LogP contribution in [0.3, 0.4) is 0 Å². The molecule has 6 rings (SSSR count). The van der Waals surface area contributed by atoms with Gasteiger partial charge in [0, 0.05) is 37.7 Å². The van der Waals surface area contributed by atoms with Crippen molar-refractivity contribution in [3.8, 4) is 22.9 Å². The molecule has 2 heterocycles. The van der Waals surface area contributed by atoms with E-state index < -0.39 is 0 Å². The van der Waals surface area contributed by atoms with Crippen molar-refractivity contribution < 1.29 is 4.74 Å². The van der Waals surface area contributed by atoms with E-state index in [2.05, 4.69) is 58.0 Å². The van der Waals surface area contributed by atoms with Gasteiger partial charge in [-0.15, -0.1) is 0 Å². The van der Waals surface area contributed by atoms with Gasteiger partial charge in [0.25, 0.3) is 0 Å². The van der Waals surface area contributed by atoms with Crippen LogP contribution in [0, 0.1) is 0 Å². The molecule has 4 aromatic rings. The van der Waals surface area contributed by atoms with Crippen molar-refractivity contribution in [2.45, 2.75) is 38.4 Å². The fraction of sp³-hybridized carbons (Fsp3) is 0.250. The predicted octanol–water partition coefficient (Wildman–Crippen LogP) is 6.24. The second kappa shape index (κ2) is 8.29. The van der Waals surface area contributed by atoms with E-state index in [1.807, 2.05) is 36.4 Å². The van der Waals surface area contributed by atoms with Gasteiger partial charge in [-0.2, -0.15) is 0 Å². The minimum atomic E-state index is 0.615.